The summed E-state index contributed by atoms with van der Waals surface area (Å²) in [6.45, 7) is 0. The predicted molar refractivity (Wildman–Crippen MR) is 114 cm³/mol. The highest BCUT2D eigenvalue weighted by molar-refractivity contribution is 5.68. The fourth-order valence-electron chi connectivity index (χ4n) is 4.03. The van der Waals surface area contributed by atoms with Crippen LogP contribution in [0.1, 0.15) is 59.9 Å². The van der Waals surface area contributed by atoms with Gasteiger partial charge < -0.3 is 9.84 Å². The van der Waals surface area contributed by atoms with E-state index in [1.54, 1.807) is 17.1 Å². The molecule has 8 nitrogen and oxygen atoms in total. The van der Waals surface area contributed by atoms with E-state index in [4.69, 9.17) is 9.72 Å². The Kier molecular flexibility index (Phi) is 6.54. The first kappa shape index (κ1) is 21.0. The first-order valence-electron chi connectivity index (χ1n) is 10.7. The maximum absolute atomic E-state index is 11.4. The van der Waals surface area contributed by atoms with Gasteiger partial charge in [0.1, 0.15) is 0 Å². The molecule has 0 spiro atoms. The lowest BCUT2D eigenvalue weighted by molar-refractivity contribution is -0.137. The molecular formula is C23H27N5O3. The van der Waals surface area contributed by atoms with Crippen LogP contribution >= 0.6 is 0 Å². The van der Waals surface area contributed by atoms with Crippen LogP contribution in [0, 0.1) is 0 Å². The fourth-order valence-corrected chi connectivity index (χ4v) is 4.03. The molecule has 0 saturated carbocycles. The summed E-state index contributed by atoms with van der Waals surface area (Å²) in [6, 6.07) is 6.10. The number of carboxylic acids is 1. The van der Waals surface area contributed by atoms with Crippen molar-refractivity contribution in [1.82, 2.24) is 24.7 Å². The van der Waals surface area contributed by atoms with Crippen molar-refractivity contribution < 1.29 is 14.6 Å². The van der Waals surface area contributed by atoms with E-state index in [9.17, 15) is 9.90 Å². The van der Waals surface area contributed by atoms with E-state index in [2.05, 4.69) is 27.2 Å². The number of nitrogens with zero attached hydrogens (tertiary/aromatic N) is 5. The van der Waals surface area contributed by atoms with Gasteiger partial charge in [0.2, 0.25) is 0 Å². The van der Waals surface area contributed by atoms with Gasteiger partial charge in [-0.2, -0.15) is 5.10 Å². The number of carboxylic acid groups (broad SMARTS) is 1. The number of ether oxygens (including phenoxy) is 1. The topological polar surface area (TPSA) is 103 Å². The van der Waals surface area contributed by atoms with Gasteiger partial charge in [-0.3, -0.25) is 14.5 Å². The van der Waals surface area contributed by atoms with Crippen LogP contribution in [-0.2, 0) is 30.5 Å². The minimum atomic E-state index is -0.906. The number of aliphatic carboxylic acids is 1. The standard InChI is InChI=1S/C23H27N5O3/c1-31-23-24-14-17(15-25-23)21(13-22(29)30)28-12-11-19(27-28)7-4-6-18-10-9-16-5-2-3-8-20(16)26-18/h9-12,14-15,21H,2-8,13H2,1H3,(H,29,30)/t21-/m0/s1. The van der Waals surface area contributed by atoms with Crippen molar-refractivity contribution in [3.8, 4) is 6.01 Å². The molecule has 31 heavy (non-hydrogen) atoms. The average Bonchev–Trinajstić information content (AvgIpc) is 3.26. The van der Waals surface area contributed by atoms with Gasteiger partial charge in [0, 0.05) is 35.5 Å². The number of methoxy groups -OCH3 is 1. The maximum atomic E-state index is 11.4. The second kappa shape index (κ2) is 9.68. The highest BCUT2D eigenvalue weighted by Crippen LogP contribution is 2.23. The summed E-state index contributed by atoms with van der Waals surface area (Å²) in [5.41, 5.74) is 5.42. The second-order valence-electron chi connectivity index (χ2n) is 7.87. The predicted octanol–water partition coefficient (Wildman–Crippen LogP) is 3.19. The van der Waals surface area contributed by atoms with Crippen molar-refractivity contribution in [3.63, 3.8) is 0 Å². The zero-order valence-corrected chi connectivity index (χ0v) is 17.7. The third-order valence-corrected chi connectivity index (χ3v) is 5.67. The fraction of sp³-hybridized carbons (Fsp3) is 0.435. The minimum Gasteiger partial charge on any atom is -0.481 e. The Bertz CT molecular complexity index is 1030. The average molecular weight is 422 g/mol. The molecule has 3 heterocycles. The Morgan fingerprint density at radius 2 is 1.90 bits per heavy atom. The van der Waals surface area contributed by atoms with Gasteiger partial charge in [-0.15, -0.1) is 0 Å². The molecule has 3 aromatic heterocycles. The molecule has 3 aromatic rings. The molecule has 0 aliphatic heterocycles. The molecular weight excluding hydrogens is 394 g/mol. The molecule has 0 fully saturated rings. The van der Waals surface area contributed by atoms with Crippen LogP contribution in [0.2, 0.25) is 0 Å². The second-order valence-corrected chi connectivity index (χ2v) is 7.87. The van der Waals surface area contributed by atoms with E-state index in [1.807, 2.05) is 12.3 Å². The van der Waals surface area contributed by atoms with Crippen LogP contribution in [0.4, 0.5) is 0 Å². The lowest BCUT2D eigenvalue weighted by Gasteiger charge is -2.16. The summed E-state index contributed by atoms with van der Waals surface area (Å²) in [5, 5.41) is 14.0. The lowest BCUT2D eigenvalue weighted by atomic mass is 9.95. The van der Waals surface area contributed by atoms with E-state index >= 15 is 0 Å². The summed E-state index contributed by atoms with van der Waals surface area (Å²) in [7, 11) is 1.49. The number of aromatic nitrogens is 5. The number of fused-ring (bicyclic) bond motifs is 1. The third-order valence-electron chi connectivity index (χ3n) is 5.67. The third kappa shape index (κ3) is 5.25. The van der Waals surface area contributed by atoms with Crippen molar-refractivity contribution in [3.05, 3.63) is 65.0 Å². The minimum absolute atomic E-state index is 0.101. The molecule has 1 aliphatic carbocycles. The van der Waals surface area contributed by atoms with E-state index in [-0.39, 0.29) is 12.4 Å². The SMILES string of the molecule is COc1ncc([C@H](CC(=O)O)n2ccc(CCCc3ccc4c(n3)CCCC4)n2)cn1. The summed E-state index contributed by atoms with van der Waals surface area (Å²) >= 11 is 0. The van der Waals surface area contributed by atoms with Crippen molar-refractivity contribution >= 4 is 5.97 Å². The Morgan fingerprint density at radius 1 is 1.13 bits per heavy atom. The van der Waals surface area contributed by atoms with Crippen LogP contribution in [0.5, 0.6) is 6.01 Å². The van der Waals surface area contributed by atoms with Crippen molar-refractivity contribution in [2.75, 3.05) is 7.11 Å². The van der Waals surface area contributed by atoms with Crippen LogP contribution < -0.4 is 4.74 Å². The number of hydrogen-bond acceptors (Lipinski definition) is 6. The highest BCUT2D eigenvalue weighted by Gasteiger charge is 2.20. The van der Waals surface area contributed by atoms with Gasteiger partial charge in [0.05, 0.1) is 25.3 Å². The van der Waals surface area contributed by atoms with Crippen LogP contribution in [0.3, 0.4) is 0 Å². The molecule has 4 rings (SSSR count). The highest BCUT2D eigenvalue weighted by atomic mass is 16.5. The molecule has 0 amide bonds. The van der Waals surface area contributed by atoms with Gasteiger partial charge in [0.15, 0.2) is 0 Å². The molecule has 0 bridgehead atoms. The molecule has 0 unspecified atom stereocenters. The zero-order valence-electron chi connectivity index (χ0n) is 17.7. The first-order valence-corrected chi connectivity index (χ1v) is 10.7. The van der Waals surface area contributed by atoms with Gasteiger partial charge in [-0.1, -0.05) is 6.07 Å². The molecule has 1 atom stereocenters. The number of carbonyl (C=O) groups is 1. The molecule has 0 saturated heterocycles. The number of pyridine rings is 1. The number of hydrogen-bond donors (Lipinski definition) is 1. The zero-order chi connectivity index (χ0) is 21.6. The Hall–Kier alpha value is -3.29. The van der Waals surface area contributed by atoms with Crippen LogP contribution in [-0.4, -0.2) is 42.9 Å². The smallest absolute Gasteiger partial charge is 0.316 e. The molecule has 1 N–H and O–H groups in total. The van der Waals surface area contributed by atoms with Crippen molar-refractivity contribution in [1.29, 1.82) is 0 Å². The van der Waals surface area contributed by atoms with Crippen LogP contribution in [0.15, 0.2) is 36.8 Å². The lowest BCUT2D eigenvalue weighted by Crippen LogP contribution is -2.16. The van der Waals surface area contributed by atoms with Crippen molar-refractivity contribution in [2.24, 2.45) is 0 Å². The van der Waals surface area contributed by atoms with E-state index < -0.39 is 12.0 Å². The normalized spacial score (nSPS) is 14.1. The monoisotopic (exact) mass is 421 g/mol. The Morgan fingerprint density at radius 3 is 2.68 bits per heavy atom. The summed E-state index contributed by atoms with van der Waals surface area (Å²) < 4.78 is 6.67. The summed E-state index contributed by atoms with van der Waals surface area (Å²) in [4.78, 5) is 24.4. The van der Waals surface area contributed by atoms with Gasteiger partial charge in [-0.05, 0) is 62.6 Å². The van der Waals surface area contributed by atoms with Crippen LogP contribution in [0.25, 0.3) is 0 Å². The van der Waals surface area contributed by atoms with Crippen molar-refractivity contribution in [2.45, 2.75) is 57.4 Å². The molecule has 1 aliphatic rings. The number of aryl methyl sites for hydroxylation is 4. The van der Waals surface area contributed by atoms with E-state index in [0.29, 0.717) is 5.56 Å². The quantitative estimate of drug-likeness (QED) is 0.566. The van der Waals surface area contributed by atoms with Gasteiger partial charge in [-0.25, -0.2) is 9.97 Å². The first-order chi connectivity index (χ1) is 15.1. The molecule has 0 radical (unpaired) electrons. The van der Waals surface area contributed by atoms with E-state index in [1.165, 1.54) is 31.2 Å². The van der Waals surface area contributed by atoms with E-state index in [0.717, 1.165) is 43.5 Å². The van der Waals surface area contributed by atoms with Gasteiger partial charge in [0.25, 0.3) is 0 Å². The number of rotatable bonds is 9. The molecule has 0 aromatic carbocycles. The largest absolute Gasteiger partial charge is 0.481 e. The summed E-state index contributed by atoms with van der Waals surface area (Å²) in [6.07, 6.45) is 12.3. The Balaban J connectivity index is 1.40. The summed E-state index contributed by atoms with van der Waals surface area (Å²) in [5.74, 6) is -0.906. The maximum Gasteiger partial charge on any atom is 0.316 e. The molecule has 8 heteroatoms. The Labute approximate surface area is 181 Å². The van der Waals surface area contributed by atoms with Gasteiger partial charge >= 0.3 is 12.0 Å². The molecule has 162 valence electrons.